The Balaban J connectivity index is 1.35. The molecule has 4 aromatic carbocycles. The molecule has 4 rings (SSSR count). The van der Waals surface area contributed by atoms with Gasteiger partial charge in [-0.1, -0.05) is 18.4 Å². The van der Waals surface area contributed by atoms with Crippen molar-refractivity contribution in [1.82, 2.24) is 0 Å². The Labute approximate surface area is 278 Å². The number of nitro benzene ring substituents is 2. The minimum absolute atomic E-state index is 0.0223. The molecule has 0 unspecified atom stereocenters. The first-order chi connectivity index (χ1) is 23.1. The van der Waals surface area contributed by atoms with Gasteiger partial charge in [0.2, 0.25) is 0 Å². The smallest absolute Gasteiger partial charge is 0.477 e. The lowest BCUT2D eigenvalue weighted by atomic mass is 10.2. The van der Waals surface area contributed by atoms with Crippen molar-refractivity contribution in [3.8, 4) is 59.2 Å². The van der Waals surface area contributed by atoms with Gasteiger partial charge in [0.05, 0.1) is 21.0 Å². The minimum Gasteiger partial charge on any atom is -0.489 e. The van der Waals surface area contributed by atoms with Crippen LogP contribution in [0.1, 0.15) is 11.1 Å². The van der Waals surface area contributed by atoms with Gasteiger partial charge < -0.3 is 28.0 Å². The molecular formula is C34H27BN2O10P+. The van der Waals surface area contributed by atoms with Crippen LogP contribution in [0.3, 0.4) is 0 Å². The number of nitrogens with zero attached hydrogens (tertiary/aromatic N) is 2. The lowest BCUT2D eigenvalue weighted by Crippen LogP contribution is -2.06. The number of rotatable bonds is 17. The number of benzene rings is 4. The van der Waals surface area contributed by atoms with Crippen molar-refractivity contribution in [2.75, 3.05) is 13.2 Å². The molecule has 0 aliphatic heterocycles. The number of ether oxygens (including phenoxy) is 4. The van der Waals surface area contributed by atoms with Gasteiger partial charge in [0.1, 0.15) is 55.2 Å². The summed E-state index contributed by atoms with van der Waals surface area (Å²) in [5, 5.41) is 22.9. The molecule has 0 aliphatic carbocycles. The van der Waals surface area contributed by atoms with Gasteiger partial charge in [-0.05, 0) is 72.8 Å². The SMILES string of the molecule is [B][P+](C=C)(Oc1ccc(OCc2cc(OCC#C)ccc2[N+](=O)[O-])cc1)Oc1ccc(OCc2cc(OCC#C)ccc2[N+](=O)[O-])cc1. The lowest BCUT2D eigenvalue weighted by Gasteiger charge is -2.19. The fourth-order valence-corrected chi connectivity index (χ4v) is 5.17. The van der Waals surface area contributed by atoms with Gasteiger partial charge in [-0.25, -0.2) is 0 Å². The molecule has 0 heterocycles. The van der Waals surface area contributed by atoms with Crippen LogP contribution < -0.4 is 28.0 Å². The zero-order valence-corrected chi connectivity index (χ0v) is 26.2. The van der Waals surface area contributed by atoms with E-state index in [9.17, 15) is 20.2 Å². The van der Waals surface area contributed by atoms with Crippen molar-refractivity contribution < 1.29 is 37.8 Å². The summed E-state index contributed by atoms with van der Waals surface area (Å²) in [4.78, 5) is 21.9. The summed E-state index contributed by atoms with van der Waals surface area (Å²) in [6.45, 7) is 3.60. The topological polar surface area (TPSA) is 142 Å². The highest BCUT2D eigenvalue weighted by molar-refractivity contribution is 7.92. The van der Waals surface area contributed by atoms with Crippen LogP contribution in [-0.2, 0) is 13.2 Å². The first kappa shape index (κ1) is 34.7. The quantitative estimate of drug-likeness (QED) is 0.0373. The van der Waals surface area contributed by atoms with Crippen LogP contribution in [0, 0.1) is 44.9 Å². The molecule has 0 bridgehead atoms. The van der Waals surface area contributed by atoms with Gasteiger partial charge >= 0.3 is 15.2 Å². The summed E-state index contributed by atoms with van der Waals surface area (Å²) >= 11 is 0. The molecule has 240 valence electrons. The number of terminal acetylenes is 2. The molecule has 48 heavy (non-hydrogen) atoms. The first-order valence-corrected chi connectivity index (χ1v) is 15.7. The Morgan fingerprint density at radius 3 is 1.33 bits per heavy atom. The van der Waals surface area contributed by atoms with Gasteiger partial charge in [-0.3, -0.25) is 20.2 Å². The predicted molar refractivity (Wildman–Crippen MR) is 181 cm³/mol. The van der Waals surface area contributed by atoms with Gasteiger partial charge in [-0.2, -0.15) is 0 Å². The van der Waals surface area contributed by atoms with Crippen molar-refractivity contribution in [2.24, 2.45) is 0 Å². The Bertz CT molecular complexity index is 1730. The number of nitro groups is 2. The van der Waals surface area contributed by atoms with E-state index in [-0.39, 0.29) is 37.8 Å². The van der Waals surface area contributed by atoms with E-state index < -0.39 is 17.4 Å². The fourth-order valence-electron chi connectivity index (χ4n) is 4.08. The van der Waals surface area contributed by atoms with Crippen LogP contribution >= 0.6 is 7.59 Å². The normalized spacial score (nSPS) is 10.5. The van der Waals surface area contributed by atoms with Gasteiger partial charge in [-0.15, -0.1) is 12.8 Å². The van der Waals surface area contributed by atoms with E-state index in [0.717, 1.165) is 0 Å². The second kappa shape index (κ2) is 16.4. The zero-order valence-electron chi connectivity index (χ0n) is 25.4. The Morgan fingerprint density at radius 2 is 1.00 bits per heavy atom. The summed E-state index contributed by atoms with van der Waals surface area (Å²) in [6, 6.07) is 21.5. The van der Waals surface area contributed by atoms with Crippen molar-refractivity contribution in [3.05, 3.63) is 129 Å². The molecule has 0 saturated heterocycles. The summed E-state index contributed by atoms with van der Waals surface area (Å²) in [5.41, 5.74) is 0.368. The van der Waals surface area contributed by atoms with Gasteiger partial charge in [0.25, 0.3) is 11.4 Å². The minimum atomic E-state index is -3.14. The molecule has 12 nitrogen and oxygen atoms in total. The fraction of sp³-hybridized carbons (Fsp3) is 0.118. The zero-order chi connectivity index (χ0) is 34.5. The van der Waals surface area contributed by atoms with Crippen molar-refractivity contribution >= 4 is 26.5 Å². The predicted octanol–water partition coefficient (Wildman–Crippen LogP) is 7.22. The molecule has 4 aromatic rings. The first-order valence-electron chi connectivity index (χ1n) is 14.0. The molecule has 0 saturated carbocycles. The summed E-state index contributed by atoms with van der Waals surface area (Å²) in [7, 11) is 3.27. The van der Waals surface area contributed by atoms with Gasteiger partial charge in [0.15, 0.2) is 11.5 Å². The Hall–Kier alpha value is -6.17. The van der Waals surface area contributed by atoms with Crippen LogP contribution in [0.25, 0.3) is 0 Å². The Morgan fingerprint density at radius 1 is 0.646 bits per heavy atom. The standard InChI is InChI=1S/C34H27BN2O10P/c1-4-19-42-31-15-17-33(36(38)39)25(21-31)23-44-27-7-11-29(12-8-27)46-48(35,6-3)47-30-13-9-28(10-14-30)45-24-26-22-32(43-20-5-2)16-18-34(26)37(40)41/h1-2,6-18,21-22H,3,19-20,23-24H2/q+1. The van der Waals surface area contributed by atoms with E-state index >= 15 is 0 Å². The highest BCUT2D eigenvalue weighted by Gasteiger charge is 2.36. The van der Waals surface area contributed by atoms with E-state index in [1.165, 1.54) is 42.2 Å². The molecular weight excluding hydrogens is 638 g/mol. The van der Waals surface area contributed by atoms with Crippen LogP contribution in [0.15, 0.2) is 97.3 Å². The van der Waals surface area contributed by atoms with E-state index in [1.54, 1.807) is 48.5 Å². The third-order valence-electron chi connectivity index (χ3n) is 6.33. The molecule has 0 aromatic heterocycles. The van der Waals surface area contributed by atoms with Crippen LogP contribution in [0.4, 0.5) is 11.4 Å². The van der Waals surface area contributed by atoms with Crippen molar-refractivity contribution in [1.29, 1.82) is 0 Å². The second-order valence-electron chi connectivity index (χ2n) is 9.61. The maximum Gasteiger partial charge on any atom is 0.477 e. The highest BCUT2D eigenvalue weighted by atomic mass is 31.2. The molecule has 0 spiro atoms. The second-order valence-corrected chi connectivity index (χ2v) is 11.6. The molecule has 0 fully saturated rings. The van der Waals surface area contributed by atoms with E-state index in [1.807, 2.05) is 0 Å². The highest BCUT2D eigenvalue weighted by Crippen LogP contribution is 2.56. The third-order valence-corrected chi connectivity index (χ3v) is 7.83. The monoisotopic (exact) mass is 665 g/mol. The summed E-state index contributed by atoms with van der Waals surface area (Å²) in [5.74, 6) is 8.39. The van der Waals surface area contributed by atoms with Crippen molar-refractivity contribution in [2.45, 2.75) is 13.2 Å². The van der Waals surface area contributed by atoms with E-state index in [4.69, 9.17) is 48.4 Å². The van der Waals surface area contributed by atoms with Crippen LogP contribution in [0.2, 0.25) is 0 Å². The maximum absolute atomic E-state index is 11.5. The molecule has 2 radical (unpaired) electrons. The average Bonchev–Trinajstić information content (AvgIpc) is 3.09. The summed E-state index contributed by atoms with van der Waals surface area (Å²) in [6.07, 6.45) is 10.4. The Kier molecular flexibility index (Phi) is 11.9. The average molecular weight is 665 g/mol. The van der Waals surface area contributed by atoms with Crippen LogP contribution in [0.5, 0.6) is 34.5 Å². The van der Waals surface area contributed by atoms with E-state index in [2.05, 4.69) is 18.4 Å². The van der Waals surface area contributed by atoms with Crippen LogP contribution in [-0.4, -0.2) is 30.6 Å². The number of hydrogen-bond donors (Lipinski definition) is 0. The molecule has 0 N–H and O–H groups in total. The van der Waals surface area contributed by atoms with Crippen molar-refractivity contribution in [3.63, 3.8) is 0 Å². The maximum atomic E-state index is 11.5. The molecule has 0 amide bonds. The van der Waals surface area contributed by atoms with Gasteiger partial charge in [0, 0.05) is 12.1 Å². The summed E-state index contributed by atoms with van der Waals surface area (Å²) < 4.78 is 34.1. The molecule has 0 aliphatic rings. The third kappa shape index (κ3) is 9.67. The molecule has 0 atom stereocenters. The lowest BCUT2D eigenvalue weighted by molar-refractivity contribution is -0.386. The largest absolute Gasteiger partial charge is 0.489 e. The number of hydrogen-bond acceptors (Lipinski definition) is 10. The molecule has 14 heteroatoms. The van der Waals surface area contributed by atoms with E-state index in [0.29, 0.717) is 45.6 Å².